The highest BCUT2D eigenvalue weighted by atomic mass is 16.2. The van der Waals surface area contributed by atoms with Crippen LogP contribution in [0.2, 0.25) is 0 Å². The maximum Gasteiger partial charge on any atom is 0.272 e. The fourth-order valence-electron chi connectivity index (χ4n) is 3.50. The minimum Gasteiger partial charge on any atom is -0.344 e. The number of amides is 3. The van der Waals surface area contributed by atoms with Crippen molar-refractivity contribution in [3.63, 3.8) is 0 Å². The van der Waals surface area contributed by atoms with Crippen molar-refractivity contribution >= 4 is 28.6 Å². The Kier molecular flexibility index (Phi) is 4.28. The molecule has 1 unspecified atom stereocenters. The van der Waals surface area contributed by atoms with Gasteiger partial charge in [-0.05, 0) is 18.6 Å². The third kappa shape index (κ3) is 3.12. The first-order valence-corrected chi connectivity index (χ1v) is 8.85. The molecule has 7 nitrogen and oxygen atoms in total. The van der Waals surface area contributed by atoms with Gasteiger partial charge in [-0.1, -0.05) is 24.3 Å². The lowest BCUT2D eigenvalue weighted by Gasteiger charge is -2.35. The van der Waals surface area contributed by atoms with Crippen LogP contribution in [-0.2, 0) is 9.59 Å². The van der Waals surface area contributed by atoms with Crippen LogP contribution in [0.3, 0.4) is 0 Å². The van der Waals surface area contributed by atoms with E-state index >= 15 is 0 Å². The van der Waals surface area contributed by atoms with E-state index in [9.17, 15) is 14.4 Å². The number of carbonyl (C=O) groups excluding carboxylic acids is 3. The average molecular weight is 352 g/mol. The first-order valence-electron chi connectivity index (χ1n) is 8.85. The molecule has 4 rings (SSSR count). The molecule has 0 bridgehead atoms. The highest BCUT2D eigenvalue weighted by molar-refractivity contribution is 5.95. The van der Waals surface area contributed by atoms with E-state index in [-0.39, 0.29) is 17.7 Å². The zero-order valence-corrected chi connectivity index (χ0v) is 14.4. The molecular weight excluding hydrogens is 332 g/mol. The maximum absolute atomic E-state index is 12.7. The number of fused-ring (bicyclic) bond motifs is 1. The fourth-order valence-corrected chi connectivity index (χ4v) is 3.50. The van der Waals surface area contributed by atoms with Crippen molar-refractivity contribution in [3.05, 3.63) is 42.1 Å². The Hall–Kier alpha value is -2.96. The Balaban J connectivity index is 1.39. The summed E-state index contributed by atoms with van der Waals surface area (Å²) in [5.41, 5.74) is 1.22. The topological polar surface area (TPSA) is 82.6 Å². The number of benzene rings is 1. The minimum atomic E-state index is -0.410. The normalized spacial score (nSPS) is 20.3. The predicted molar refractivity (Wildman–Crippen MR) is 95.4 cm³/mol. The molecule has 0 radical (unpaired) electrons. The molecule has 26 heavy (non-hydrogen) atoms. The first-order chi connectivity index (χ1) is 12.6. The summed E-state index contributed by atoms with van der Waals surface area (Å²) in [6.45, 7) is 1.90. The predicted octanol–water partition coefficient (Wildman–Crippen LogP) is 0.798. The van der Waals surface area contributed by atoms with Crippen molar-refractivity contribution in [3.8, 4) is 0 Å². The van der Waals surface area contributed by atoms with Gasteiger partial charge in [-0.2, -0.15) is 0 Å². The summed E-state index contributed by atoms with van der Waals surface area (Å²) in [5.74, 6) is -0.233. The van der Waals surface area contributed by atoms with Gasteiger partial charge in [0, 0.05) is 38.0 Å². The molecular formula is C19H20N4O3. The van der Waals surface area contributed by atoms with Gasteiger partial charge in [0.05, 0.1) is 5.52 Å². The number of nitrogens with one attached hydrogen (secondary N) is 1. The van der Waals surface area contributed by atoms with Crippen molar-refractivity contribution in [2.75, 3.05) is 26.2 Å². The van der Waals surface area contributed by atoms with Crippen LogP contribution in [0.5, 0.6) is 0 Å². The molecule has 0 aliphatic carbocycles. The van der Waals surface area contributed by atoms with Gasteiger partial charge in [-0.3, -0.25) is 14.4 Å². The van der Waals surface area contributed by atoms with E-state index in [4.69, 9.17) is 0 Å². The Labute approximate surface area is 151 Å². The van der Waals surface area contributed by atoms with Crippen LogP contribution in [-0.4, -0.2) is 64.7 Å². The molecule has 1 aromatic carbocycles. The van der Waals surface area contributed by atoms with Crippen molar-refractivity contribution in [1.82, 2.24) is 20.1 Å². The zero-order valence-electron chi connectivity index (χ0n) is 14.4. The van der Waals surface area contributed by atoms with Crippen molar-refractivity contribution in [2.24, 2.45) is 0 Å². The molecule has 1 N–H and O–H groups in total. The van der Waals surface area contributed by atoms with Gasteiger partial charge in [0.25, 0.3) is 5.91 Å². The molecule has 3 amide bonds. The van der Waals surface area contributed by atoms with E-state index < -0.39 is 6.04 Å². The summed E-state index contributed by atoms with van der Waals surface area (Å²) in [5, 5.41) is 3.71. The van der Waals surface area contributed by atoms with Gasteiger partial charge in [0.1, 0.15) is 11.7 Å². The maximum atomic E-state index is 12.7. The van der Waals surface area contributed by atoms with Gasteiger partial charge >= 0.3 is 0 Å². The number of nitrogens with zero attached hydrogens (tertiary/aromatic N) is 3. The highest BCUT2D eigenvalue weighted by Crippen LogP contribution is 2.15. The number of aromatic nitrogens is 1. The number of hydrogen-bond donors (Lipinski definition) is 1. The molecule has 1 atom stereocenters. The van der Waals surface area contributed by atoms with Crippen LogP contribution in [0.15, 0.2) is 36.4 Å². The number of rotatable bonds is 2. The monoisotopic (exact) mass is 352 g/mol. The molecule has 2 aromatic rings. The average Bonchev–Trinajstić information content (AvgIpc) is 3.13. The summed E-state index contributed by atoms with van der Waals surface area (Å²) in [4.78, 5) is 44.4. The summed E-state index contributed by atoms with van der Waals surface area (Å²) < 4.78 is 0. The van der Waals surface area contributed by atoms with Gasteiger partial charge in [0.15, 0.2) is 0 Å². The molecule has 2 fully saturated rings. The highest BCUT2D eigenvalue weighted by Gasteiger charge is 2.33. The fraction of sp³-hybridized carbons (Fsp3) is 0.368. The third-order valence-electron chi connectivity index (χ3n) is 4.99. The van der Waals surface area contributed by atoms with Crippen molar-refractivity contribution in [2.45, 2.75) is 18.9 Å². The lowest BCUT2D eigenvalue weighted by Crippen LogP contribution is -2.54. The van der Waals surface area contributed by atoms with Crippen LogP contribution in [0, 0.1) is 0 Å². The van der Waals surface area contributed by atoms with Crippen LogP contribution in [0.1, 0.15) is 23.3 Å². The van der Waals surface area contributed by atoms with E-state index in [1.54, 1.807) is 15.9 Å². The Bertz CT molecular complexity index is 874. The molecule has 134 valence electrons. The van der Waals surface area contributed by atoms with E-state index in [0.717, 1.165) is 10.9 Å². The second kappa shape index (κ2) is 6.74. The molecule has 2 saturated heterocycles. The van der Waals surface area contributed by atoms with Crippen LogP contribution >= 0.6 is 0 Å². The number of pyridine rings is 1. The molecule has 0 spiro atoms. The first kappa shape index (κ1) is 16.5. The van der Waals surface area contributed by atoms with Gasteiger partial charge in [-0.25, -0.2) is 4.98 Å². The SMILES string of the molecule is O=C1CCC(C(=O)N2CCN(C(=O)c3ccc4ccccc4n3)CC2)N1. The van der Waals surface area contributed by atoms with Gasteiger partial charge in [-0.15, -0.1) is 0 Å². The van der Waals surface area contributed by atoms with E-state index in [2.05, 4.69) is 10.3 Å². The van der Waals surface area contributed by atoms with E-state index in [0.29, 0.717) is 44.7 Å². The standard InChI is InChI=1S/C19H20N4O3/c24-17-8-7-16(21-17)19(26)23-11-9-22(10-12-23)18(25)15-6-5-13-3-1-2-4-14(13)20-15/h1-6,16H,7-12H2,(H,21,24). The van der Waals surface area contributed by atoms with Crippen molar-refractivity contribution in [1.29, 1.82) is 0 Å². The molecule has 7 heteroatoms. The summed E-state index contributed by atoms with van der Waals surface area (Å²) in [7, 11) is 0. The van der Waals surface area contributed by atoms with E-state index in [1.807, 2.05) is 30.3 Å². The number of carbonyl (C=O) groups is 3. The second-order valence-electron chi connectivity index (χ2n) is 6.67. The van der Waals surface area contributed by atoms with Gasteiger partial charge < -0.3 is 15.1 Å². The largest absolute Gasteiger partial charge is 0.344 e. The molecule has 0 saturated carbocycles. The number of hydrogen-bond acceptors (Lipinski definition) is 4. The summed E-state index contributed by atoms with van der Waals surface area (Å²) >= 11 is 0. The quantitative estimate of drug-likeness (QED) is 0.867. The Morgan fingerprint density at radius 1 is 1.00 bits per heavy atom. The van der Waals surface area contributed by atoms with Crippen LogP contribution in [0.4, 0.5) is 0 Å². The van der Waals surface area contributed by atoms with Crippen molar-refractivity contribution < 1.29 is 14.4 Å². The lowest BCUT2D eigenvalue weighted by molar-refractivity contribution is -0.135. The summed E-state index contributed by atoms with van der Waals surface area (Å²) in [6, 6.07) is 10.9. The van der Waals surface area contributed by atoms with Gasteiger partial charge in [0.2, 0.25) is 11.8 Å². The number of para-hydroxylation sites is 1. The third-order valence-corrected chi connectivity index (χ3v) is 4.99. The van der Waals surface area contributed by atoms with E-state index in [1.165, 1.54) is 0 Å². The van der Waals surface area contributed by atoms with Crippen LogP contribution in [0.25, 0.3) is 10.9 Å². The minimum absolute atomic E-state index is 0.0493. The molecule has 2 aliphatic heterocycles. The Morgan fingerprint density at radius 2 is 1.73 bits per heavy atom. The Morgan fingerprint density at radius 3 is 2.46 bits per heavy atom. The second-order valence-corrected chi connectivity index (χ2v) is 6.67. The molecule has 3 heterocycles. The zero-order chi connectivity index (χ0) is 18.1. The molecule has 1 aromatic heterocycles. The molecule has 2 aliphatic rings. The number of piperazine rings is 1. The summed E-state index contributed by atoms with van der Waals surface area (Å²) in [6.07, 6.45) is 0.959. The lowest BCUT2D eigenvalue weighted by atomic mass is 10.1. The van der Waals surface area contributed by atoms with Crippen LogP contribution < -0.4 is 5.32 Å². The smallest absolute Gasteiger partial charge is 0.272 e.